The fourth-order valence-corrected chi connectivity index (χ4v) is 4.35. The van der Waals surface area contributed by atoms with Gasteiger partial charge in [-0.3, -0.25) is 14.2 Å². The van der Waals surface area contributed by atoms with Crippen molar-refractivity contribution in [1.82, 2.24) is 9.55 Å². The summed E-state index contributed by atoms with van der Waals surface area (Å²) in [6, 6.07) is 11.5. The number of thiophene rings is 1. The van der Waals surface area contributed by atoms with Crippen LogP contribution in [-0.4, -0.2) is 20.6 Å². The molecule has 1 unspecified atom stereocenters. The van der Waals surface area contributed by atoms with Crippen molar-refractivity contribution in [3.05, 3.63) is 75.7 Å². The molecule has 0 saturated carbocycles. The van der Waals surface area contributed by atoms with Crippen LogP contribution < -0.4 is 10.9 Å². The van der Waals surface area contributed by atoms with Crippen LogP contribution in [0.1, 0.15) is 24.1 Å². The number of hydrogen-bond donors (Lipinski definition) is 2. The molecule has 2 aromatic heterocycles. The molecule has 0 radical (unpaired) electrons. The number of anilines is 1. The number of phenols is 1. The van der Waals surface area contributed by atoms with Gasteiger partial charge in [0.05, 0.1) is 11.7 Å². The van der Waals surface area contributed by atoms with Crippen LogP contribution in [0.25, 0.3) is 21.3 Å². The minimum absolute atomic E-state index is 0.114. The minimum atomic E-state index is -0.755. The zero-order valence-corrected chi connectivity index (χ0v) is 17.7. The molecule has 0 spiro atoms. The lowest BCUT2D eigenvalue weighted by molar-refractivity contribution is -0.118. The van der Waals surface area contributed by atoms with E-state index in [-0.39, 0.29) is 17.2 Å². The molecule has 1 amide bonds. The second kappa shape index (κ2) is 7.76. The van der Waals surface area contributed by atoms with Crippen molar-refractivity contribution in [3.8, 4) is 16.9 Å². The van der Waals surface area contributed by atoms with Crippen LogP contribution in [-0.2, 0) is 4.79 Å². The van der Waals surface area contributed by atoms with Crippen LogP contribution >= 0.6 is 11.3 Å². The molecular weight excluding hydrogens is 398 g/mol. The van der Waals surface area contributed by atoms with Crippen LogP contribution in [0, 0.1) is 13.8 Å². The highest BCUT2D eigenvalue weighted by molar-refractivity contribution is 7.17. The Bertz CT molecular complexity index is 1310. The number of nitrogens with one attached hydrogen (secondary N) is 1. The first-order chi connectivity index (χ1) is 14.3. The predicted molar refractivity (Wildman–Crippen MR) is 120 cm³/mol. The van der Waals surface area contributed by atoms with Crippen molar-refractivity contribution in [2.75, 3.05) is 5.32 Å². The van der Waals surface area contributed by atoms with E-state index in [1.807, 2.05) is 31.4 Å². The number of carbonyl (C=O) groups excluding carboxylic acids is 1. The average Bonchev–Trinajstić information content (AvgIpc) is 3.14. The molecule has 0 saturated heterocycles. The molecule has 0 bridgehead atoms. The lowest BCUT2D eigenvalue weighted by Gasteiger charge is -2.15. The first kappa shape index (κ1) is 19.8. The van der Waals surface area contributed by atoms with Gasteiger partial charge in [0, 0.05) is 16.6 Å². The molecular formula is C23H21N3O3S. The van der Waals surface area contributed by atoms with E-state index >= 15 is 0 Å². The third-order valence-electron chi connectivity index (χ3n) is 5.12. The SMILES string of the molecule is Cc1ccc(-c2csc3ncn(C(C)C(=O)Nc4ccc(O)cc4)c(=O)c23)c(C)c1. The quantitative estimate of drug-likeness (QED) is 0.472. The molecule has 2 N–H and O–H groups in total. The van der Waals surface area contributed by atoms with E-state index in [9.17, 15) is 14.7 Å². The van der Waals surface area contributed by atoms with E-state index in [2.05, 4.69) is 16.4 Å². The van der Waals surface area contributed by atoms with Gasteiger partial charge in [0.25, 0.3) is 5.56 Å². The lowest BCUT2D eigenvalue weighted by Crippen LogP contribution is -2.31. The first-order valence-corrected chi connectivity index (χ1v) is 10.4. The summed E-state index contributed by atoms with van der Waals surface area (Å²) in [6.45, 7) is 5.72. The highest BCUT2D eigenvalue weighted by atomic mass is 32.1. The van der Waals surface area contributed by atoms with Crippen LogP contribution in [0.5, 0.6) is 5.75 Å². The molecule has 1 atom stereocenters. The normalized spacial score (nSPS) is 12.1. The summed E-state index contributed by atoms with van der Waals surface area (Å²) in [7, 11) is 0. The largest absolute Gasteiger partial charge is 0.508 e. The average molecular weight is 420 g/mol. The summed E-state index contributed by atoms with van der Waals surface area (Å²) in [5, 5.41) is 14.6. The number of aromatic hydroxyl groups is 1. The summed E-state index contributed by atoms with van der Waals surface area (Å²) in [4.78, 5) is 31.1. The molecule has 0 fully saturated rings. The van der Waals surface area contributed by atoms with Gasteiger partial charge in [0.15, 0.2) is 0 Å². The van der Waals surface area contributed by atoms with E-state index in [1.165, 1.54) is 34.4 Å². The van der Waals surface area contributed by atoms with Gasteiger partial charge in [-0.15, -0.1) is 11.3 Å². The maximum absolute atomic E-state index is 13.3. The number of hydrogen-bond acceptors (Lipinski definition) is 5. The molecule has 4 rings (SSSR count). The zero-order chi connectivity index (χ0) is 21.4. The Morgan fingerprint density at radius 2 is 1.87 bits per heavy atom. The Balaban J connectivity index is 1.73. The Kier molecular flexibility index (Phi) is 5.13. The molecule has 0 aliphatic carbocycles. The van der Waals surface area contributed by atoms with E-state index < -0.39 is 6.04 Å². The highest BCUT2D eigenvalue weighted by Crippen LogP contribution is 2.33. The number of aryl methyl sites for hydroxylation is 2. The van der Waals surface area contributed by atoms with Crippen LogP contribution in [0.2, 0.25) is 0 Å². The van der Waals surface area contributed by atoms with Crippen molar-refractivity contribution in [2.45, 2.75) is 26.8 Å². The van der Waals surface area contributed by atoms with Crippen molar-refractivity contribution < 1.29 is 9.90 Å². The summed E-state index contributed by atoms with van der Waals surface area (Å²) >= 11 is 1.42. The van der Waals surface area contributed by atoms with Gasteiger partial charge in [-0.1, -0.05) is 23.8 Å². The molecule has 30 heavy (non-hydrogen) atoms. The number of rotatable bonds is 4. The minimum Gasteiger partial charge on any atom is -0.508 e. The zero-order valence-electron chi connectivity index (χ0n) is 16.8. The number of benzene rings is 2. The molecule has 152 valence electrons. The van der Waals surface area contributed by atoms with E-state index in [0.29, 0.717) is 15.9 Å². The fourth-order valence-electron chi connectivity index (χ4n) is 3.45. The number of fused-ring (bicyclic) bond motifs is 1. The van der Waals surface area contributed by atoms with Crippen LogP contribution in [0.3, 0.4) is 0 Å². The van der Waals surface area contributed by atoms with Crippen LogP contribution in [0.15, 0.2) is 59.0 Å². The van der Waals surface area contributed by atoms with Gasteiger partial charge in [0.2, 0.25) is 5.91 Å². The molecule has 2 heterocycles. The smallest absolute Gasteiger partial charge is 0.263 e. The lowest BCUT2D eigenvalue weighted by atomic mass is 9.99. The van der Waals surface area contributed by atoms with Crippen molar-refractivity contribution in [3.63, 3.8) is 0 Å². The third-order valence-corrected chi connectivity index (χ3v) is 6.01. The van der Waals surface area contributed by atoms with Gasteiger partial charge < -0.3 is 10.4 Å². The number of carbonyl (C=O) groups is 1. The maximum atomic E-state index is 13.3. The third kappa shape index (κ3) is 3.59. The molecule has 0 aliphatic heterocycles. The Morgan fingerprint density at radius 3 is 2.57 bits per heavy atom. The number of nitrogens with zero attached hydrogens (tertiary/aromatic N) is 2. The van der Waals surface area contributed by atoms with Gasteiger partial charge in [0.1, 0.15) is 16.6 Å². The molecule has 7 heteroatoms. The van der Waals surface area contributed by atoms with E-state index in [4.69, 9.17) is 0 Å². The number of phenolic OH excluding ortho intramolecular Hbond substituents is 1. The highest BCUT2D eigenvalue weighted by Gasteiger charge is 2.21. The number of amides is 1. The second-order valence-corrected chi connectivity index (χ2v) is 8.18. The van der Waals surface area contributed by atoms with Crippen molar-refractivity contribution in [1.29, 1.82) is 0 Å². The van der Waals surface area contributed by atoms with Gasteiger partial charge in [-0.25, -0.2) is 4.98 Å². The first-order valence-electron chi connectivity index (χ1n) is 9.51. The summed E-state index contributed by atoms with van der Waals surface area (Å²) in [5.41, 5.74) is 4.37. The standard InChI is InChI=1S/C23H21N3O3S/c1-13-4-9-18(14(2)10-13)19-11-30-22-20(19)23(29)26(12-24-22)15(3)21(28)25-16-5-7-17(27)8-6-16/h4-12,15,27H,1-3H3,(H,25,28). The Morgan fingerprint density at radius 1 is 1.13 bits per heavy atom. The predicted octanol–water partition coefficient (Wildman–Crippen LogP) is 4.65. The van der Waals surface area contributed by atoms with Crippen molar-refractivity contribution in [2.24, 2.45) is 0 Å². The molecule has 4 aromatic rings. The van der Waals surface area contributed by atoms with E-state index in [1.54, 1.807) is 19.1 Å². The summed E-state index contributed by atoms with van der Waals surface area (Å²) in [6.07, 6.45) is 1.42. The fraction of sp³-hybridized carbons (Fsp3) is 0.174. The maximum Gasteiger partial charge on any atom is 0.263 e. The van der Waals surface area contributed by atoms with Gasteiger partial charge in [-0.2, -0.15) is 0 Å². The van der Waals surface area contributed by atoms with Crippen LogP contribution in [0.4, 0.5) is 5.69 Å². The monoisotopic (exact) mass is 419 g/mol. The molecule has 2 aromatic carbocycles. The van der Waals surface area contributed by atoms with Gasteiger partial charge in [-0.05, 0) is 56.2 Å². The summed E-state index contributed by atoms with van der Waals surface area (Å²) in [5.74, 6) is -0.226. The molecule has 6 nitrogen and oxygen atoms in total. The van der Waals surface area contributed by atoms with Crippen molar-refractivity contribution >= 4 is 33.1 Å². The Hall–Kier alpha value is -3.45. The number of aromatic nitrogens is 2. The molecule has 0 aliphatic rings. The Labute approximate surface area is 177 Å². The van der Waals surface area contributed by atoms with E-state index in [0.717, 1.165) is 22.3 Å². The summed E-state index contributed by atoms with van der Waals surface area (Å²) < 4.78 is 1.36. The topological polar surface area (TPSA) is 84.2 Å². The second-order valence-electron chi connectivity index (χ2n) is 7.32. The van der Waals surface area contributed by atoms with Gasteiger partial charge >= 0.3 is 0 Å².